The van der Waals surface area contributed by atoms with Crippen LogP contribution >= 0.6 is 0 Å². The van der Waals surface area contributed by atoms with Crippen LogP contribution < -0.4 is 16.8 Å². The average molecular weight is 572 g/mol. The van der Waals surface area contributed by atoms with Crippen LogP contribution in [-0.4, -0.2) is 163 Å². The van der Waals surface area contributed by atoms with E-state index < -0.39 is 118 Å². The number of carbonyl (C=O) groups is 1. The van der Waals surface area contributed by atoms with E-state index in [2.05, 4.69) is 5.32 Å². The van der Waals surface area contributed by atoms with Crippen molar-refractivity contribution in [3.63, 3.8) is 0 Å². The maximum atomic E-state index is 11.7. The molecule has 3 rings (SSSR count). The lowest BCUT2D eigenvalue weighted by Crippen LogP contribution is -2.70. The lowest BCUT2D eigenvalue weighted by molar-refractivity contribution is -0.350. The fourth-order valence-corrected chi connectivity index (χ4v) is 5.01. The fraction of sp³-hybridized carbons (Fsp3) is 0.955. The summed E-state index contributed by atoms with van der Waals surface area (Å²) < 4.78 is 39.0. The zero-order valence-electron chi connectivity index (χ0n) is 21.9. The summed E-state index contributed by atoms with van der Waals surface area (Å²) in [6.45, 7) is -0.584. The molecule has 15 atom stereocenters. The first-order valence-electron chi connectivity index (χ1n) is 12.5. The van der Waals surface area contributed by atoms with Crippen LogP contribution in [0.4, 0.5) is 0 Å². The summed E-state index contributed by atoms with van der Waals surface area (Å²) in [5.41, 5.74) is 12.2. The van der Waals surface area contributed by atoms with Gasteiger partial charge in [0.1, 0.15) is 61.0 Å². The van der Waals surface area contributed by atoms with Gasteiger partial charge in [0.05, 0.1) is 31.9 Å². The topological polar surface area (TPSA) is 267 Å². The molecule has 0 aromatic carbocycles. The van der Waals surface area contributed by atoms with Gasteiger partial charge in [0.25, 0.3) is 0 Å². The van der Waals surface area contributed by atoms with Crippen molar-refractivity contribution >= 4 is 5.91 Å². The largest absolute Gasteiger partial charge is 0.394 e. The van der Waals surface area contributed by atoms with Crippen molar-refractivity contribution in [1.29, 1.82) is 0 Å². The molecule has 0 spiro atoms. The minimum atomic E-state index is -1.55. The third kappa shape index (κ3) is 6.85. The fourth-order valence-electron chi connectivity index (χ4n) is 5.01. The lowest BCUT2D eigenvalue weighted by Gasteiger charge is -2.49. The van der Waals surface area contributed by atoms with Gasteiger partial charge in [-0.2, -0.15) is 0 Å². The summed E-state index contributed by atoms with van der Waals surface area (Å²) in [7, 11) is 2.61. The molecule has 17 nitrogen and oxygen atoms in total. The number of amides is 1. The Kier molecular flexibility index (Phi) is 11.8. The maximum absolute atomic E-state index is 11.7. The summed E-state index contributed by atoms with van der Waals surface area (Å²) in [6.07, 6.45) is -15.1. The predicted octanol–water partition coefficient (Wildman–Crippen LogP) is -6.19. The first kappa shape index (κ1) is 32.4. The van der Waals surface area contributed by atoms with Crippen molar-refractivity contribution in [1.82, 2.24) is 5.32 Å². The number of aliphatic hydroxyl groups is 6. The van der Waals surface area contributed by atoms with Gasteiger partial charge >= 0.3 is 0 Å². The Morgan fingerprint density at radius 1 is 0.718 bits per heavy atom. The van der Waals surface area contributed by atoms with Crippen molar-refractivity contribution in [2.45, 2.75) is 98.9 Å². The molecule has 3 fully saturated rings. The number of nitrogens with one attached hydrogen (secondary N) is 1. The number of methoxy groups -OCH3 is 2. The van der Waals surface area contributed by atoms with Crippen molar-refractivity contribution in [3.8, 4) is 0 Å². The summed E-state index contributed by atoms with van der Waals surface area (Å²) >= 11 is 0. The van der Waals surface area contributed by atoms with E-state index in [0.717, 1.165) is 0 Å². The van der Waals surface area contributed by atoms with E-state index in [1.54, 1.807) is 0 Å². The Bertz CT molecular complexity index is 780. The zero-order valence-corrected chi connectivity index (χ0v) is 21.9. The molecule has 0 saturated carbocycles. The Morgan fingerprint density at radius 3 is 1.54 bits per heavy atom. The van der Waals surface area contributed by atoms with Crippen molar-refractivity contribution in [2.24, 2.45) is 11.5 Å². The summed E-state index contributed by atoms with van der Waals surface area (Å²) in [6, 6.07) is -3.57. The van der Waals surface area contributed by atoms with Crippen LogP contribution in [0.5, 0.6) is 0 Å². The quantitative estimate of drug-likeness (QED) is 0.118. The van der Waals surface area contributed by atoms with Crippen LogP contribution in [0.3, 0.4) is 0 Å². The third-order valence-electron chi connectivity index (χ3n) is 7.11. The second-order valence-corrected chi connectivity index (χ2v) is 9.67. The highest BCUT2D eigenvalue weighted by Gasteiger charge is 2.53. The van der Waals surface area contributed by atoms with Crippen molar-refractivity contribution < 1.29 is 68.6 Å². The molecule has 39 heavy (non-hydrogen) atoms. The van der Waals surface area contributed by atoms with Gasteiger partial charge in [-0.1, -0.05) is 0 Å². The summed E-state index contributed by atoms with van der Waals surface area (Å²) in [5, 5.41) is 64.4. The minimum Gasteiger partial charge on any atom is -0.394 e. The molecule has 1 amide bonds. The molecule has 228 valence electrons. The molecule has 0 aromatic heterocycles. The first-order chi connectivity index (χ1) is 18.5. The molecule has 3 saturated heterocycles. The number of nitrogens with two attached hydrogens (primary N) is 2. The summed E-state index contributed by atoms with van der Waals surface area (Å²) in [5.74, 6) is -0.485. The Balaban J connectivity index is 1.75. The highest BCUT2D eigenvalue weighted by Crippen LogP contribution is 2.32. The molecule has 3 aliphatic heterocycles. The average Bonchev–Trinajstić information content (AvgIpc) is 2.92. The van der Waals surface area contributed by atoms with Gasteiger partial charge in [0.2, 0.25) is 5.91 Å². The number of hydrogen-bond donors (Lipinski definition) is 9. The van der Waals surface area contributed by atoms with Crippen LogP contribution in [0.25, 0.3) is 0 Å². The Labute approximate surface area is 224 Å². The van der Waals surface area contributed by atoms with E-state index in [0.29, 0.717) is 0 Å². The van der Waals surface area contributed by atoms with Gasteiger partial charge < -0.3 is 80.6 Å². The number of hydrogen-bond acceptors (Lipinski definition) is 16. The second-order valence-electron chi connectivity index (χ2n) is 9.67. The smallest absolute Gasteiger partial charge is 0.217 e. The molecule has 0 bridgehead atoms. The molecular weight excluding hydrogens is 530 g/mol. The number of aliphatic hydroxyl groups excluding tert-OH is 6. The standard InChI is InChI=1S/C22H41N3O14/c1-7(29)25-13-16(32)19(10(6-28)37-22(13)34-3)39-21-12(24)15(31)18(9(5-27)36-21)38-20-11(23)14(30)17(33-2)8(4-26)35-20/h8-22,26-28,30-32H,4-6,23-24H2,1-3H3,(H,25,29)/t8?,9?,10?,11?,12-,13?,14?,15+,16?,17+,18+,19+,20?,21?,22+/m0/s1. The van der Waals surface area contributed by atoms with E-state index in [1.807, 2.05) is 0 Å². The maximum Gasteiger partial charge on any atom is 0.217 e. The van der Waals surface area contributed by atoms with Crippen LogP contribution in [0.15, 0.2) is 0 Å². The molecule has 3 aliphatic rings. The van der Waals surface area contributed by atoms with Gasteiger partial charge in [-0.05, 0) is 0 Å². The van der Waals surface area contributed by atoms with E-state index in [9.17, 15) is 35.4 Å². The van der Waals surface area contributed by atoms with E-state index in [4.69, 9.17) is 44.6 Å². The van der Waals surface area contributed by atoms with Gasteiger partial charge in [-0.15, -0.1) is 0 Å². The van der Waals surface area contributed by atoms with E-state index in [-0.39, 0.29) is 0 Å². The second kappa shape index (κ2) is 14.2. The predicted molar refractivity (Wildman–Crippen MR) is 126 cm³/mol. The Hall–Kier alpha value is -1.13. The molecule has 3 heterocycles. The van der Waals surface area contributed by atoms with E-state index in [1.165, 1.54) is 21.1 Å². The number of ether oxygens (including phenoxy) is 7. The number of carbonyl (C=O) groups excluding carboxylic acids is 1. The van der Waals surface area contributed by atoms with Gasteiger partial charge in [-0.3, -0.25) is 4.79 Å². The molecule has 11 N–H and O–H groups in total. The zero-order chi connectivity index (χ0) is 29.0. The van der Waals surface area contributed by atoms with Crippen molar-refractivity contribution in [2.75, 3.05) is 34.0 Å². The van der Waals surface area contributed by atoms with Crippen LogP contribution in [0, 0.1) is 0 Å². The Morgan fingerprint density at radius 2 is 1.13 bits per heavy atom. The van der Waals surface area contributed by atoms with Gasteiger partial charge in [0.15, 0.2) is 18.9 Å². The third-order valence-corrected chi connectivity index (χ3v) is 7.11. The first-order valence-corrected chi connectivity index (χ1v) is 12.5. The molecule has 17 heteroatoms. The van der Waals surface area contributed by atoms with Crippen LogP contribution in [-0.2, 0) is 38.0 Å². The summed E-state index contributed by atoms with van der Waals surface area (Å²) in [4.78, 5) is 11.7. The minimum absolute atomic E-state index is 0.485. The molecule has 0 radical (unpaired) electrons. The van der Waals surface area contributed by atoms with Gasteiger partial charge in [-0.25, -0.2) is 0 Å². The molecule has 0 aliphatic carbocycles. The van der Waals surface area contributed by atoms with Crippen LogP contribution in [0.1, 0.15) is 6.92 Å². The SMILES string of the molecule is CO[C@@H]1OC(CO)[C@@H](OC2OC(CO)[C@@H](OC3OC(CO)[C@@H](OC)C(O)C3N)[C@H](O)[C@@H]2N)C(O)C1NC(C)=O. The van der Waals surface area contributed by atoms with Gasteiger partial charge in [0, 0.05) is 21.1 Å². The normalized spacial score (nSPS) is 47.1. The highest BCUT2D eigenvalue weighted by atomic mass is 16.7. The van der Waals surface area contributed by atoms with Crippen LogP contribution in [0.2, 0.25) is 0 Å². The highest BCUT2D eigenvalue weighted by molar-refractivity contribution is 5.73. The molecule has 9 unspecified atom stereocenters. The van der Waals surface area contributed by atoms with E-state index >= 15 is 0 Å². The molecule has 0 aromatic rings. The van der Waals surface area contributed by atoms with Crippen molar-refractivity contribution in [3.05, 3.63) is 0 Å². The molecular formula is C22H41N3O14. The lowest BCUT2D eigenvalue weighted by atomic mass is 9.94. The monoisotopic (exact) mass is 571 g/mol. The number of rotatable bonds is 10.